The van der Waals surface area contributed by atoms with Gasteiger partial charge in [0.15, 0.2) is 0 Å². The topological polar surface area (TPSA) is 49.4 Å². The fraction of sp³-hybridized carbons (Fsp3) is 0.111. The molecule has 1 fully saturated rings. The Morgan fingerprint density at radius 3 is 2.47 bits per heavy atom. The minimum absolute atomic E-state index is 0.0286. The molecule has 15 heavy (non-hydrogen) atoms. The van der Waals surface area contributed by atoms with Crippen molar-refractivity contribution in [2.24, 2.45) is 0 Å². The van der Waals surface area contributed by atoms with E-state index in [0.29, 0.717) is 4.90 Å². The molecule has 78 valence electrons. The molecule has 1 aliphatic heterocycles. The van der Waals surface area contributed by atoms with Crippen LogP contribution in [-0.4, -0.2) is 22.8 Å². The molecule has 0 unspecified atom stereocenters. The summed E-state index contributed by atoms with van der Waals surface area (Å²) in [7, 11) is 0. The van der Waals surface area contributed by atoms with Crippen LogP contribution in [-0.2, 0) is 4.79 Å². The first-order valence-corrected chi connectivity index (χ1v) is 4.97. The molecule has 1 N–H and O–H groups in total. The molecule has 1 aromatic carbocycles. The smallest absolute Gasteiger partial charge is 0.276 e. The Kier molecular flexibility index (Phi) is 2.59. The Morgan fingerprint density at radius 2 is 1.93 bits per heavy atom. The van der Waals surface area contributed by atoms with Crippen molar-refractivity contribution >= 4 is 23.9 Å². The molecule has 0 atom stereocenters. The number of benzene rings is 1. The molecule has 0 spiro atoms. The number of carbonyl (C=O) groups is 2. The molecule has 2 rings (SSSR count). The quantitative estimate of drug-likeness (QED) is 0.612. The molecule has 0 aliphatic carbocycles. The van der Waals surface area contributed by atoms with Gasteiger partial charge >= 0.3 is 6.03 Å². The van der Waals surface area contributed by atoms with Gasteiger partial charge in [0.2, 0.25) is 5.91 Å². The van der Waals surface area contributed by atoms with Crippen molar-refractivity contribution in [2.45, 2.75) is 4.90 Å². The highest BCUT2D eigenvalue weighted by atomic mass is 32.2. The number of halogens is 1. The van der Waals surface area contributed by atoms with Gasteiger partial charge < -0.3 is 0 Å². The summed E-state index contributed by atoms with van der Waals surface area (Å²) >= 11 is 1.11. The van der Waals surface area contributed by atoms with E-state index >= 15 is 0 Å². The molecule has 0 bridgehead atoms. The zero-order valence-corrected chi connectivity index (χ0v) is 8.38. The second-order valence-electron chi connectivity index (χ2n) is 2.94. The molecule has 1 aromatic rings. The molecule has 1 aliphatic rings. The molecule has 0 radical (unpaired) electrons. The standard InChI is InChI=1S/C9H7FN2O2S/c10-6-1-3-7(4-2-6)15-12-5-8(13)11-9(12)14/h1-4H,5H2,(H,11,13,14). The van der Waals surface area contributed by atoms with Crippen LogP contribution in [0.4, 0.5) is 9.18 Å². The highest BCUT2D eigenvalue weighted by molar-refractivity contribution is 7.97. The maximum Gasteiger partial charge on any atom is 0.334 e. The Labute approximate surface area is 89.6 Å². The van der Waals surface area contributed by atoms with E-state index in [1.807, 2.05) is 0 Å². The lowest BCUT2D eigenvalue weighted by molar-refractivity contribution is -0.118. The number of carbonyl (C=O) groups excluding carboxylic acids is 2. The lowest BCUT2D eigenvalue weighted by atomic mass is 10.4. The number of hydrogen-bond donors (Lipinski definition) is 1. The highest BCUT2D eigenvalue weighted by Gasteiger charge is 2.27. The lowest BCUT2D eigenvalue weighted by Gasteiger charge is -2.10. The number of nitrogens with one attached hydrogen (secondary N) is 1. The van der Waals surface area contributed by atoms with Crippen LogP contribution in [0.3, 0.4) is 0 Å². The van der Waals surface area contributed by atoms with Crippen molar-refractivity contribution in [1.29, 1.82) is 0 Å². The maximum absolute atomic E-state index is 12.6. The van der Waals surface area contributed by atoms with Gasteiger partial charge in [0.1, 0.15) is 12.4 Å². The number of urea groups is 1. The summed E-state index contributed by atoms with van der Waals surface area (Å²) in [6.45, 7) is 0.0286. The molecule has 3 amide bonds. The zero-order valence-electron chi connectivity index (χ0n) is 7.57. The fourth-order valence-corrected chi connectivity index (χ4v) is 1.94. The van der Waals surface area contributed by atoms with E-state index in [1.54, 1.807) is 12.1 Å². The van der Waals surface area contributed by atoms with E-state index in [4.69, 9.17) is 0 Å². The number of rotatable bonds is 2. The average Bonchev–Trinajstić information content (AvgIpc) is 2.49. The number of hydrogen-bond acceptors (Lipinski definition) is 3. The number of amides is 3. The van der Waals surface area contributed by atoms with Crippen LogP contribution >= 0.6 is 11.9 Å². The van der Waals surface area contributed by atoms with Gasteiger partial charge in [-0.15, -0.1) is 0 Å². The molecular formula is C9H7FN2O2S. The van der Waals surface area contributed by atoms with Gasteiger partial charge in [-0.25, -0.2) is 9.18 Å². The normalized spacial score (nSPS) is 15.7. The van der Waals surface area contributed by atoms with Crippen molar-refractivity contribution in [3.05, 3.63) is 30.1 Å². The van der Waals surface area contributed by atoms with Crippen LogP contribution in [0.1, 0.15) is 0 Å². The number of nitrogens with zero attached hydrogens (tertiary/aromatic N) is 1. The average molecular weight is 226 g/mol. The third-order valence-corrected chi connectivity index (χ3v) is 2.79. The lowest BCUT2D eigenvalue weighted by Crippen LogP contribution is -2.22. The van der Waals surface area contributed by atoms with Crippen LogP contribution in [0.25, 0.3) is 0 Å². The van der Waals surface area contributed by atoms with Crippen LogP contribution in [0.5, 0.6) is 0 Å². The first-order valence-electron chi connectivity index (χ1n) is 4.20. The van der Waals surface area contributed by atoms with Crippen LogP contribution < -0.4 is 5.32 Å². The summed E-state index contributed by atoms with van der Waals surface area (Å²) in [4.78, 5) is 22.7. The first kappa shape index (κ1) is 9.97. The summed E-state index contributed by atoms with van der Waals surface area (Å²) in [6, 6.07) is 5.27. The predicted molar refractivity (Wildman–Crippen MR) is 52.5 cm³/mol. The molecule has 6 heteroatoms. The van der Waals surface area contributed by atoms with Gasteiger partial charge in [-0.2, -0.15) is 0 Å². The summed E-state index contributed by atoms with van der Waals surface area (Å²) in [6.07, 6.45) is 0. The van der Waals surface area contributed by atoms with Crippen LogP contribution in [0.2, 0.25) is 0 Å². The molecular weight excluding hydrogens is 219 g/mol. The van der Waals surface area contributed by atoms with Gasteiger partial charge in [-0.1, -0.05) is 0 Å². The van der Waals surface area contributed by atoms with Gasteiger partial charge in [0.25, 0.3) is 0 Å². The predicted octanol–water partition coefficient (Wildman–Crippen LogP) is 1.38. The van der Waals surface area contributed by atoms with Crippen molar-refractivity contribution < 1.29 is 14.0 Å². The van der Waals surface area contributed by atoms with Crippen molar-refractivity contribution in [1.82, 2.24) is 9.62 Å². The van der Waals surface area contributed by atoms with E-state index in [9.17, 15) is 14.0 Å². The summed E-state index contributed by atoms with van der Waals surface area (Å²) in [5.41, 5.74) is 0. The minimum Gasteiger partial charge on any atom is -0.276 e. The summed E-state index contributed by atoms with van der Waals surface area (Å²) in [5, 5.41) is 2.15. The molecule has 1 saturated heterocycles. The molecule has 1 heterocycles. The van der Waals surface area contributed by atoms with E-state index in [1.165, 1.54) is 16.4 Å². The Hall–Kier alpha value is -1.56. The van der Waals surface area contributed by atoms with Crippen molar-refractivity contribution in [3.8, 4) is 0 Å². The highest BCUT2D eigenvalue weighted by Crippen LogP contribution is 2.24. The molecule has 0 aromatic heterocycles. The second-order valence-corrected chi connectivity index (χ2v) is 4.03. The van der Waals surface area contributed by atoms with E-state index in [-0.39, 0.29) is 18.3 Å². The molecule has 4 nitrogen and oxygen atoms in total. The third-order valence-electron chi connectivity index (χ3n) is 1.79. The van der Waals surface area contributed by atoms with Crippen LogP contribution in [0.15, 0.2) is 29.2 Å². The Morgan fingerprint density at radius 1 is 1.27 bits per heavy atom. The molecule has 0 saturated carbocycles. The van der Waals surface area contributed by atoms with E-state index in [0.717, 1.165) is 11.9 Å². The second kappa shape index (κ2) is 3.90. The van der Waals surface area contributed by atoms with Crippen LogP contribution in [0, 0.1) is 5.82 Å². The van der Waals surface area contributed by atoms with Gasteiger partial charge in [-0.3, -0.25) is 14.4 Å². The Bertz CT molecular complexity index is 407. The third kappa shape index (κ3) is 2.27. The van der Waals surface area contributed by atoms with E-state index in [2.05, 4.69) is 5.32 Å². The van der Waals surface area contributed by atoms with E-state index < -0.39 is 6.03 Å². The monoisotopic (exact) mass is 226 g/mol. The zero-order chi connectivity index (χ0) is 10.8. The minimum atomic E-state index is -0.436. The fourth-order valence-electron chi connectivity index (χ4n) is 1.12. The largest absolute Gasteiger partial charge is 0.334 e. The summed E-state index contributed by atoms with van der Waals surface area (Å²) < 4.78 is 13.9. The van der Waals surface area contributed by atoms with Crippen molar-refractivity contribution in [3.63, 3.8) is 0 Å². The first-order chi connectivity index (χ1) is 7.15. The van der Waals surface area contributed by atoms with Crippen molar-refractivity contribution in [2.75, 3.05) is 6.54 Å². The summed E-state index contributed by atoms with van der Waals surface area (Å²) in [5.74, 6) is -0.657. The SMILES string of the molecule is O=C1CN(Sc2ccc(F)cc2)C(=O)N1. The van der Waals surface area contributed by atoms with Gasteiger partial charge in [0.05, 0.1) is 0 Å². The Balaban J connectivity index is 2.06. The van der Waals surface area contributed by atoms with Gasteiger partial charge in [-0.05, 0) is 36.2 Å². The number of imide groups is 1. The van der Waals surface area contributed by atoms with Gasteiger partial charge in [0, 0.05) is 4.90 Å². The maximum atomic E-state index is 12.6.